The minimum atomic E-state index is 0.383. The van der Waals surface area contributed by atoms with Gasteiger partial charge >= 0.3 is 0 Å². The van der Waals surface area contributed by atoms with Gasteiger partial charge < -0.3 is 15.1 Å². The number of nitrogen functional groups attached to an aromatic ring is 1. The summed E-state index contributed by atoms with van der Waals surface area (Å²) in [5.74, 6) is 1.12. The average Bonchev–Trinajstić information content (AvgIpc) is 2.82. The molecule has 1 aromatic carbocycles. The van der Waals surface area contributed by atoms with Gasteiger partial charge in [0.15, 0.2) is 0 Å². The van der Waals surface area contributed by atoms with Crippen LogP contribution in [0.25, 0.3) is 22.4 Å². The fraction of sp³-hybridized carbons (Fsp3) is 0. The Morgan fingerprint density at radius 1 is 1.20 bits per heavy atom. The van der Waals surface area contributed by atoms with Gasteiger partial charge in [0.05, 0.1) is 22.9 Å². The van der Waals surface area contributed by atoms with E-state index in [4.69, 9.17) is 10.2 Å². The number of anilines is 1. The maximum atomic E-state index is 5.67. The van der Waals surface area contributed by atoms with Crippen LogP contribution >= 0.6 is 0 Å². The zero-order valence-corrected chi connectivity index (χ0v) is 7.90. The minimum absolute atomic E-state index is 0.383. The molecule has 0 aliphatic heterocycles. The summed E-state index contributed by atoms with van der Waals surface area (Å²) in [5, 5.41) is 0. The lowest BCUT2D eigenvalue weighted by Gasteiger charge is -1.90. The molecule has 0 bridgehead atoms. The van der Waals surface area contributed by atoms with Gasteiger partial charge in [0.1, 0.15) is 5.82 Å². The Morgan fingerprint density at radius 2 is 2.07 bits per heavy atom. The first kappa shape index (κ1) is 8.11. The molecule has 0 amide bonds. The van der Waals surface area contributed by atoms with Gasteiger partial charge in [-0.1, -0.05) is 12.1 Å². The van der Waals surface area contributed by atoms with Crippen LogP contribution in [0, 0.1) is 0 Å². The normalized spacial score (nSPS) is 10.9. The van der Waals surface area contributed by atoms with Crippen molar-refractivity contribution in [3.05, 3.63) is 36.6 Å². The van der Waals surface area contributed by atoms with E-state index in [0.717, 1.165) is 22.4 Å². The van der Waals surface area contributed by atoms with Gasteiger partial charge in [-0.15, -0.1) is 0 Å². The van der Waals surface area contributed by atoms with Crippen LogP contribution in [0.5, 0.6) is 0 Å². The molecule has 0 atom stereocenters. The Balaban J connectivity index is 2.24. The number of para-hydroxylation sites is 2. The van der Waals surface area contributed by atoms with Gasteiger partial charge in [0.2, 0.25) is 5.88 Å². The van der Waals surface area contributed by atoms with Crippen LogP contribution in [0.4, 0.5) is 5.88 Å². The van der Waals surface area contributed by atoms with Gasteiger partial charge in [0.25, 0.3) is 0 Å². The largest absolute Gasteiger partial charge is 0.448 e. The number of imidazole rings is 1. The summed E-state index contributed by atoms with van der Waals surface area (Å²) in [6.07, 6.45) is 1.55. The lowest BCUT2D eigenvalue weighted by atomic mass is 10.3. The first-order valence-corrected chi connectivity index (χ1v) is 4.63. The smallest absolute Gasteiger partial charge is 0.201 e. The molecule has 0 radical (unpaired) electrons. The molecule has 0 saturated carbocycles. The molecule has 0 spiro atoms. The van der Waals surface area contributed by atoms with Crippen LogP contribution in [-0.4, -0.2) is 9.97 Å². The van der Waals surface area contributed by atoms with E-state index in [0.29, 0.717) is 5.88 Å². The van der Waals surface area contributed by atoms with E-state index in [1.54, 1.807) is 12.3 Å². The standard InChI is InChI=1S/C11H9N3O/c12-10-7(5-6-15-10)11-13-8-3-1-2-4-9(8)14-11/h1-6H,12H2,(H,13,14). The molecule has 74 valence electrons. The second-order valence-electron chi connectivity index (χ2n) is 3.30. The second-order valence-corrected chi connectivity index (χ2v) is 3.30. The molecule has 4 nitrogen and oxygen atoms in total. The summed E-state index contributed by atoms with van der Waals surface area (Å²) in [6, 6.07) is 9.63. The van der Waals surface area contributed by atoms with Crippen molar-refractivity contribution in [2.75, 3.05) is 5.73 Å². The highest BCUT2D eigenvalue weighted by atomic mass is 16.3. The van der Waals surface area contributed by atoms with Crippen LogP contribution in [0.15, 0.2) is 41.0 Å². The maximum absolute atomic E-state index is 5.67. The van der Waals surface area contributed by atoms with Crippen molar-refractivity contribution < 1.29 is 4.42 Å². The number of furan rings is 1. The summed E-state index contributed by atoms with van der Waals surface area (Å²) in [7, 11) is 0. The Morgan fingerprint density at radius 3 is 2.80 bits per heavy atom. The number of hydrogen-bond donors (Lipinski definition) is 2. The lowest BCUT2D eigenvalue weighted by Crippen LogP contribution is -1.85. The van der Waals surface area contributed by atoms with Gasteiger partial charge in [-0.05, 0) is 18.2 Å². The molecule has 0 saturated heterocycles. The van der Waals surface area contributed by atoms with Gasteiger partial charge in [-0.25, -0.2) is 4.98 Å². The number of benzene rings is 1. The fourth-order valence-corrected chi connectivity index (χ4v) is 1.60. The van der Waals surface area contributed by atoms with E-state index in [9.17, 15) is 0 Å². The summed E-state index contributed by atoms with van der Waals surface area (Å²) in [4.78, 5) is 7.61. The van der Waals surface area contributed by atoms with Crippen LogP contribution in [-0.2, 0) is 0 Å². The molecule has 0 unspecified atom stereocenters. The van der Waals surface area contributed by atoms with E-state index >= 15 is 0 Å². The van der Waals surface area contributed by atoms with Crippen molar-refractivity contribution in [1.82, 2.24) is 9.97 Å². The van der Waals surface area contributed by atoms with Crippen molar-refractivity contribution in [3.63, 3.8) is 0 Å². The Labute approximate surface area is 85.7 Å². The lowest BCUT2D eigenvalue weighted by molar-refractivity contribution is 0.588. The van der Waals surface area contributed by atoms with Crippen molar-refractivity contribution in [3.8, 4) is 11.4 Å². The first-order chi connectivity index (χ1) is 7.34. The van der Waals surface area contributed by atoms with Gasteiger partial charge in [-0.2, -0.15) is 0 Å². The molecule has 3 N–H and O–H groups in total. The summed E-state index contributed by atoms with van der Waals surface area (Å²) < 4.78 is 5.03. The summed E-state index contributed by atoms with van der Waals surface area (Å²) in [6.45, 7) is 0. The first-order valence-electron chi connectivity index (χ1n) is 4.63. The van der Waals surface area contributed by atoms with Crippen molar-refractivity contribution in [2.24, 2.45) is 0 Å². The third-order valence-corrected chi connectivity index (χ3v) is 2.34. The van der Waals surface area contributed by atoms with Gasteiger partial charge in [0, 0.05) is 0 Å². The monoisotopic (exact) mass is 199 g/mol. The van der Waals surface area contributed by atoms with E-state index in [1.807, 2.05) is 24.3 Å². The van der Waals surface area contributed by atoms with E-state index in [2.05, 4.69) is 9.97 Å². The number of aromatic nitrogens is 2. The Kier molecular flexibility index (Phi) is 1.56. The number of rotatable bonds is 1. The predicted molar refractivity (Wildman–Crippen MR) is 58.2 cm³/mol. The molecule has 3 aromatic rings. The van der Waals surface area contributed by atoms with E-state index in [1.165, 1.54) is 0 Å². The SMILES string of the molecule is Nc1occc1-c1nc2ccccc2[nH]1. The second kappa shape index (κ2) is 2.88. The molecule has 4 heteroatoms. The van der Waals surface area contributed by atoms with Crippen LogP contribution in [0.1, 0.15) is 0 Å². The Hall–Kier alpha value is -2.23. The number of H-pyrrole nitrogens is 1. The molecule has 0 fully saturated rings. The molecular formula is C11H9N3O. The number of nitrogens with one attached hydrogen (secondary N) is 1. The average molecular weight is 199 g/mol. The van der Waals surface area contributed by atoms with Crippen LogP contribution < -0.4 is 5.73 Å². The number of fused-ring (bicyclic) bond motifs is 1. The topological polar surface area (TPSA) is 67.8 Å². The molecule has 0 aliphatic rings. The number of nitrogens with zero attached hydrogens (tertiary/aromatic N) is 1. The van der Waals surface area contributed by atoms with E-state index < -0.39 is 0 Å². The van der Waals surface area contributed by atoms with Crippen LogP contribution in [0.2, 0.25) is 0 Å². The molecule has 0 aliphatic carbocycles. The van der Waals surface area contributed by atoms with Gasteiger partial charge in [-0.3, -0.25) is 0 Å². The molecule has 3 rings (SSSR count). The predicted octanol–water partition coefficient (Wildman–Crippen LogP) is 2.41. The van der Waals surface area contributed by atoms with E-state index in [-0.39, 0.29) is 0 Å². The highest BCUT2D eigenvalue weighted by Gasteiger charge is 2.09. The highest BCUT2D eigenvalue weighted by Crippen LogP contribution is 2.25. The van der Waals surface area contributed by atoms with Crippen molar-refractivity contribution in [2.45, 2.75) is 0 Å². The maximum Gasteiger partial charge on any atom is 0.201 e. The van der Waals surface area contributed by atoms with Crippen LogP contribution in [0.3, 0.4) is 0 Å². The third-order valence-electron chi connectivity index (χ3n) is 2.34. The van der Waals surface area contributed by atoms with Crippen molar-refractivity contribution >= 4 is 16.9 Å². The minimum Gasteiger partial charge on any atom is -0.448 e. The number of nitrogens with two attached hydrogens (primary N) is 1. The number of aromatic amines is 1. The third kappa shape index (κ3) is 1.19. The van der Waals surface area contributed by atoms with Crippen molar-refractivity contribution in [1.29, 1.82) is 0 Å². The molecule has 2 aromatic heterocycles. The molecule has 15 heavy (non-hydrogen) atoms. The highest BCUT2D eigenvalue weighted by molar-refractivity contribution is 5.81. The summed E-state index contributed by atoms with van der Waals surface area (Å²) in [5.41, 5.74) is 8.38. The fourth-order valence-electron chi connectivity index (χ4n) is 1.60. The zero-order chi connectivity index (χ0) is 10.3. The molecular weight excluding hydrogens is 190 g/mol. The summed E-state index contributed by atoms with van der Waals surface area (Å²) >= 11 is 0. The zero-order valence-electron chi connectivity index (χ0n) is 7.90. The molecule has 2 heterocycles. The number of hydrogen-bond acceptors (Lipinski definition) is 3. The quantitative estimate of drug-likeness (QED) is 0.632. The Bertz CT molecular complexity index is 576.